The molecular weight excluding hydrogens is 145 g/mol. The fraction of sp³-hybridized carbons (Fsp3) is 0.800. The molecule has 9 heavy (non-hydrogen) atoms. The number of aliphatic hydroxyl groups excluding tert-OH is 1. The first kappa shape index (κ1) is 9.85. The molecule has 0 aliphatic carbocycles. The Morgan fingerprint density at radius 3 is 2.56 bits per heavy atom. The standard InChI is InChI=1S/C5H9NOS.Na.H/c7-5(8)4-2-1-3-6-4;;/h4,6H,1-3H2,(H,7,8);;/t4-;;/m0../s1. The van der Waals surface area contributed by atoms with E-state index in [0.29, 0.717) is 0 Å². The molecule has 0 radical (unpaired) electrons. The van der Waals surface area contributed by atoms with Gasteiger partial charge in [-0.1, -0.05) is 0 Å². The average Bonchev–Trinajstić information content (AvgIpc) is 2.12. The molecule has 0 bridgehead atoms. The van der Waals surface area contributed by atoms with Gasteiger partial charge in [0.05, 0.1) is 6.04 Å². The second-order valence-electron chi connectivity index (χ2n) is 1.99. The zero-order valence-corrected chi connectivity index (χ0v) is 5.37. The Bertz CT molecular complexity index is 103. The Balaban J connectivity index is 0.000000640. The van der Waals surface area contributed by atoms with Crippen LogP contribution in [0.4, 0.5) is 0 Å². The third-order valence-electron chi connectivity index (χ3n) is 1.36. The van der Waals surface area contributed by atoms with Gasteiger partial charge in [-0.05, 0) is 31.6 Å². The summed E-state index contributed by atoms with van der Waals surface area (Å²) in [6, 6.07) is 0.102. The Hall–Kier alpha value is 0.850. The van der Waals surface area contributed by atoms with Crippen LogP contribution in [0.1, 0.15) is 12.8 Å². The van der Waals surface area contributed by atoms with E-state index in [-0.39, 0.29) is 40.6 Å². The van der Waals surface area contributed by atoms with Gasteiger partial charge in [0, 0.05) is 0 Å². The summed E-state index contributed by atoms with van der Waals surface area (Å²) in [5.41, 5.74) is 0. The van der Waals surface area contributed by atoms with Gasteiger partial charge in [0.25, 0.3) is 0 Å². The molecule has 1 heterocycles. The third-order valence-corrected chi connectivity index (χ3v) is 1.64. The second-order valence-corrected chi connectivity index (χ2v) is 2.41. The van der Waals surface area contributed by atoms with Gasteiger partial charge in [-0.25, -0.2) is 0 Å². The minimum absolute atomic E-state index is 0. The van der Waals surface area contributed by atoms with Gasteiger partial charge in [0.1, 0.15) is 0 Å². The van der Waals surface area contributed by atoms with Crippen LogP contribution in [0.25, 0.3) is 0 Å². The van der Waals surface area contributed by atoms with Crippen LogP contribution >= 0.6 is 12.2 Å². The van der Waals surface area contributed by atoms with E-state index in [1.807, 2.05) is 0 Å². The first-order valence-electron chi connectivity index (χ1n) is 2.77. The fourth-order valence-electron chi connectivity index (χ4n) is 0.895. The number of hydrogen-bond donors (Lipinski definition) is 2. The third kappa shape index (κ3) is 2.96. The van der Waals surface area contributed by atoms with Gasteiger partial charge in [-0.15, -0.1) is 0 Å². The van der Waals surface area contributed by atoms with E-state index in [0.717, 1.165) is 19.4 Å². The molecule has 0 amide bonds. The van der Waals surface area contributed by atoms with Crippen LogP contribution in [0, 0.1) is 0 Å². The summed E-state index contributed by atoms with van der Waals surface area (Å²) < 4.78 is 0. The zero-order chi connectivity index (χ0) is 5.98. The molecule has 2 N–H and O–H groups in total. The Morgan fingerprint density at radius 1 is 1.67 bits per heavy atom. The summed E-state index contributed by atoms with van der Waals surface area (Å²) in [6.07, 6.45) is 2.13. The van der Waals surface area contributed by atoms with Crippen molar-refractivity contribution >= 4 is 46.8 Å². The normalized spacial score (nSPS) is 25.1. The molecule has 48 valence electrons. The molecule has 1 saturated heterocycles. The fourth-order valence-corrected chi connectivity index (χ4v) is 1.10. The summed E-state index contributed by atoms with van der Waals surface area (Å²) in [7, 11) is 0. The predicted molar refractivity (Wildman–Crippen MR) is 43.4 cm³/mol. The minimum atomic E-state index is 0. The van der Waals surface area contributed by atoms with Crippen LogP contribution in [0.5, 0.6) is 0 Å². The summed E-state index contributed by atoms with van der Waals surface area (Å²) in [5.74, 6) is 0. The van der Waals surface area contributed by atoms with Crippen molar-refractivity contribution in [2.24, 2.45) is 0 Å². The van der Waals surface area contributed by atoms with Crippen LogP contribution in [0.3, 0.4) is 0 Å². The van der Waals surface area contributed by atoms with Crippen molar-refractivity contribution in [3.63, 3.8) is 0 Å². The van der Waals surface area contributed by atoms with E-state index in [4.69, 9.17) is 5.11 Å². The molecular formula is C5H10NNaOS. The summed E-state index contributed by atoms with van der Waals surface area (Å²) in [4.78, 5) is 0. The van der Waals surface area contributed by atoms with Crippen LogP contribution in [-0.4, -0.2) is 52.3 Å². The van der Waals surface area contributed by atoms with Crippen molar-refractivity contribution in [2.75, 3.05) is 6.54 Å². The van der Waals surface area contributed by atoms with Crippen molar-refractivity contribution in [3.05, 3.63) is 0 Å². The maximum atomic E-state index is 8.72. The van der Waals surface area contributed by atoms with E-state index in [1.54, 1.807) is 0 Å². The first-order chi connectivity index (χ1) is 3.80. The molecule has 1 fully saturated rings. The van der Waals surface area contributed by atoms with Crippen LogP contribution in [0.2, 0.25) is 0 Å². The van der Waals surface area contributed by atoms with E-state index >= 15 is 0 Å². The Labute approximate surface area is 82.3 Å². The van der Waals surface area contributed by atoms with Crippen molar-refractivity contribution in [1.29, 1.82) is 0 Å². The van der Waals surface area contributed by atoms with E-state index in [9.17, 15) is 0 Å². The molecule has 1 rings (SSSR count). The molecule has 4 heteroatoms. The SMILES string of the molecule is OC(=S)[C@@H]1CCCN1.[NaH]. The number of aliphatic hydroxyl groups is 1. The Morgan fingerprint density at radius 2 is 2.33 bits per heavy atom. The summed E-state index contributed by atoms with van der Waals surface area (Å²) >= 11 is 4.55. The van der Waals surface area contributed by atoms with Crippen molar-refractivity contribution < 1.29 is 5.11 Å². The predicted octanol–water partition coefficient (Wildman–Crippen LogP) is -0.0247. The van der Waals surface area contributed by atoms with E-state index in [1.165, 1.54) is 0 Å². The first-order valence-corrected chi connectivity index (χ1v) is 3.18. The van der Waals surface area contributed by atoms with Crippen LogP contribution in [-0.2, 0) is 0 Å². The zero-order valence-electron chi connectivity index (χ0n) is 4.55. The van der Waals surface area contributed by atoms with Crippen LogP contribution in [0.15, 0.2) is 0 Å². The van der Waals surface area contributed by atoms with Crippen molar-refractivity contribution in [1.82, 2.24) is 5.32 Å². The number of rotatable bonds is 1. The Kier molecular flexibility index (Phi) is 5.07. The summed E-state index contributed by atoms with van der Waals surface area (Å²) in [6.45, 7) is 0.991. The molecule has 2 nitrogen and oxygen atoms in total. The quantitative estimate of drug-likeness (QED) is 0.412. The van der Waals surface area contributed by atoms with Gasteiger partial charge in [0.2, 0.25) is 0 Å². The average molecular weight is 155 g/mol. The van der Waals surface area contributed by atoms with Crippen molar-refractivity contribution in [2.45, 2.75) is 18.9 Å². The van der Waals surface area contributed by atoms with Crippen LogP contribution < -0.4 is 5.32 Å². The van der Waals surface area contributed by atoms with Gasteiger partial charge in [0.15, 0.2) is 5.05 Å². The van der Waals surface area contributed by atoms with Gasteiger partial charge < -0.3 is 10.4 Å². The number of nitrogens with one attached hydrogen (secondary N) is 1. The topological polar surface area (TPSA) is 32.3 Å². The van der Waals surface area contributed by atoms with E-state index < -0.39 is 0 Å². The van der Waals surface area contributed by atoms with Crippen molar-refractivity contribution in [3.8, 4) is 0 Å². The monoisotopic (exact) mass is 155 g/mol. The van der Waals surface area contributed by atoms with E-state index in [2.05, 4.69) is 17.5 Å². The van der Waals surface area contributed by atoms with Gasteiger partial charge in [-0.3, -0.25) is 0 Å². The molecule has 0 aromatic carbocycles. The molecule has 1 aliphatic rings. The molecule has 0 spiro atoms. The molecule has 0 aromatic heterocycles. The number of hydrogen-bond acceptors (Lipinski definition) is 2. The summed E-state index contributed by atoms with van der Waals surface area (Å²) in [5, 5.41) is 11.9. The molecule has 0 unspecified atom stereocenters. The molecule has 1 atom stereocenters. The molecule has 1 aliphatic heterocycles. The van der Waals surface area contributed by atoms with Gasteiger partial charge in [-0.2, -0.15) is 0 Å². The molecule has 0 aromatic rings. The maximum absolute atomic E-state index is 8.72. The van der Waals surface area contributed by atoms with Gasteiger partial charge >= 0.3 is 29.6 Å². The number of thiocarbonyl (C=S) groups is 1. The molecule has 0 saturated carbocycles. The second kappa shape index (κ2) is 4.63.